The van der Waals surface area contributed by atoms with Gasteiger partial charge in [0, 0.05) is 35.5 Å². The Morgan fingerprint density at radius 1 is 1.19 bits per heavy atom. The molecule has 1 atom stereocenters. The molecule has 196 valence electrons. The zero-order chi connectivity index (χ0) is 27.6. The number of nitrogens with zero attached hydrogens (tertiary/aromatic N) is 3. The van der Waals surface area contributed by atoms with Crippen molar-refractivity contribution in [2.24, 2.45) is 16.0 Å². The largest absolute Gasteiger partial charge is 0.478 e. The standard InChI is InChI=1S/C23H22ClF3N6O4/c1-29-30-13-33(28)19-8-5-16(24)12-15(19)4-9-20(34)32-18(10-11-23(25,26)27)21(35)31-17-6-2-14(3-7-17)22(36)37/h2-9,12-13,18H,1,10-11,28H2,(H,31,35)(H,32,34)(H,36,37)/b9-4+,30-13-. The van der Waals surface area contributed by atoms with Crippen molar-refractivity contribution in [2.45, 2.75) is 25.1 Å². The van der Waals surface area contributed by atoms with Crippen LogP contribution in [0.4, 0.5) is 24.5 Å². The smallest absolute Gasteiger partial charge is 0.389 e. The summed E-state index contributed by atoms with van der Waals surface area (Å²) in [5.41, 5.74) is 0.806. The highest BCUT2D eigenvalue weighted by atomic mass is 35.5. The molecule has 2 aromatic rings. The second-order valence-corrected chi connectivity index (χ2v) is 7.84. The average molecular weight is 539 g/mol. The Balaban J connectivity index is 2.20. The molecule has 0 aliphatic carbocycles. The third-order valence-electron chi connectivity index (χ3n) is 4.69. The third-order valence-corrected chi connectivity index (χ3v) is 4.92. The molecule has 0 saturated heterocycles. The summed E-state index contributed by atoms with van der Waals surface area (Å²) in [6, 6.07) is 7.96. The molecule has 0 heterocycles. The first-order chi connectivity index (χ1) is 17.4. The van der Waals surface area contributed by atoms with Crippen LogP contribution >= 0.6 is 11.6 Å². The van der Waals surface area contributed by atoms with Crippen molar-refractivity contribution in [3.05, 3.63) is 64.7 Å². The number of nitrogens with one attached hydrogen (secondary N) is 2. The van der Waals surface area contributed by atoms with Crippen molar-refractivity contribution >= 4 is 59.9 Å². The molecule has 0 aliphatic heterocycles. The maximum absolute atomic E-state index is 12.8. The number of carbonyl (C=O) groups excluding carboxylic acids is 2. The van der Waals surface area contributed by atoms with Crippen LogP contribution in [0, 0.1) is 0 Å². The van der Waals surface area contributed by atoms with Gasteiger partial charge in [-0.3, -0.25) is 14.6 Å². The van der Waals surface area contributed by atoms with Crippen LogP contribution in [0.3, 0.4) is 0 Å². The Morgan fingerprint density at radius 2 is 1.86 bits per heavy atom. The van der Waals surface area contributed by atoms with E-state index in [1.165, 1.54) is 48.5 Å². The van der Waals surface area contributed by atoms with E-state index < -0.39 is 42.8 Å². The Bertz CT molecular complexity index is 1200. The lowest BCUT2D eigenvalue weighted by molar-refractivity contribution is -0.139. The van der Waals surface area contributed by atoms with E-state index in [-0.39, 0.29) is 11.3 Å². The number of halogens is 4. The first kappa shape index (κ1) is 29.0. The monoisotopic (exact) mass is 538 g/mol. The highest BCUT2D eigenvalue weighted by Crippen LogP contribution is 2.24. The highest BCUT2D eigenvalue weighted by Gasteiger charge is 2.31. The summed E-state index contributed by atoms with van der Waals surface area (Å²) in [5.74, 6) is 2.90. The fourth-order valence-corrected chi connectivity index (χ4v) is 3.12. The fourth-order valence-electron chi connectivity index (χ4n) is 2.94. The summed E-state index contributed by atoms with van der Waals surface area (Å²) in [4.78, 5) is 36.1. The number of carboxylic acid groups (broad SMARTS) is 1. The minimum atomic E-state index is -4.57. The molecule has 10 nitrogen and oxygen atoms in total. The molecule has 1 unspecified atom stereocenters. The number of alkyl halides is 3. The quantitative estimate of drug-likeness (QED) is 0.112. The van der Waals surface area contributed by atoms with Crippen LogP contribution in [-0.4, -0.2) is 48.2 Å². The molecule has 0 radical (unpaired) electrons. The minimum absolute atomic E-state index is 0.0477. The van der Waals surface area contributed by atoms with E-state index in [0.29, 0.717) is 16.3 Å². The summed E-state index contributed by atoms with van der Waals surface area (Å²) in [5, 5.41) is 21.8. The number of hydrogen-bond donors (Lipinski definition) is 4. The average Bonchev–Trinajstić information content (AvgIpc) is 2.83. The number of amides is 2. The lowest BCUT2D eigenvalue weighted by Crippen LogP contribution is -2.43. The van der Waals surface area contributed by atoms with Gasteiger partial charge in [0.2, 0.25) is 11.8 Å². The van der Waals surface area contributed by atoms with Gasteiger partial charge in [-0.25, -0.2) is 10.6 Å². The van der Waals surface area contributed by atoms with Crippen molar-refractivity contribution in [1.29, 1.82) is 0 Å². The molecule has 0 spiro atoms. The van der Waals surface area contributed by atoms with Crippen molar-refractivity contribution in [3.8, 4) is 0 Å². The van der Waals surface area contributed by atoms with Crippen LogP contribution in [-0.2, 0) is 9.59 Å². The Labute approximate surface area is 214 Å². The Hall–Kier alpha value is -4.23. The van der Waals surface area contributed by atoms with Gasteiger partial charge >= 0.3 is 12.1 Å². The molecule has 0 saturated carbocycles. The summed E-state index contributed by atoms with van der Waals surface area (Å²) in [6.45, 7) is 3.19. The molecule has 2 amide bonds. The maximum Gasteiger partial charge on any atom is 0.389 e. The van der Waals surface area contributed by atoms with Crippen LogP contribution in [0.25, 0.3) is 6.08 Å². The van der Waals surface area contributed by atoms with Gasteiger partial charge in [0.05, 0.1) is 11.3 Å². The molecule has 14 heteroatoms. The number of nitrogens with two attached hydrogens (primary N) is 1. The SMILES string of the molecule is C=N/N=C\N(N)c1ccc(Cl)cc1/C=C/C(=O)NC(CCC(F)(F)F)C(=O)Nc1ccc(C(=O)O)cc1. The number of carbonyl (C=O) groups is 3. The van der Waals surface area contributed by atoms with Crippen LogP contribution < -0.4 is 21.5 Å². The van der Waals surface area contributed by atoms with E-state index in [9.17, 15) is 27.6 Å². The number of aromatic carboxylic acids is 1. The van der Waals surface area contributed by atoms with Gasteiger partial charge < -0.3 is 15.7 Å². The van der Waals surface area contributed by atoms with E-state index in [0.717, 1.165) is 17.4 Å². The zero-order valence-electron chi connectivity index (χ0n) is 19.1. The lowest BCUT2D eigenvalue weighted by atomic mass is 10.1. The first-order valence-corrected chi connectivity index (χ1v) is 10.8. The number of anilines is 2. The number of rotatable bonds is 11. The number of carboxylic acids is 1. The fraction of sp³-hybridized carbons (Fsp3) is 0.174. The van der Waals surface area contributed by atoms with Gasteiger partial charge in [0.1, 0.15) is 12.4 Å². The first-order valence-electron chi connectivity index (χ1n) is 10.4. The number of benzene rings is 2. The number of hydrazine groups is 1. The topological polar surface area (TPSA) is 149 Å². The van der Waals surface area contributed by atoms with Crippen molar-refractivity contribution < 1.29 is 32.7 Å². The zero-order valence-corrected chi connectivity index (χ0v) is 19.8. The Kier molecular flexibility index (Phi) is 10.3. The maximum atomic E-state index is 12.8. The van der Waals surface area contributed by atoms with Gasteiger partial charge in [-0.1, -0.05) is 11.6 Å². The molecular formula is C23H22ClF3N6O4. The van der Waals surface area contributed by atoms with E-state index in [1.807, 2.05) is 0 Å². The Morgan fingerprint density at radius 3 is 2.46 bits per heavy atom. The van der Waals surface area contributed by atoms with Gasteiger partial charge in [0.15, 0.2) is 0 Å². The molecule has 5 N–H and O–H groups in total. The predicted octanol–water partition coefficient (Wildman–Crippen LogP) is 3.84. The van der Waals surface area contributed by atoms with Crippen molar-refractivity contribution in [3.63, 3.8) is 0 Å². The van der Waals surface area contributed by atoms with Gasteiger partial charge in [-0.15, -0.1) is 5.10 Å². The molecule has 0 fully saturated rings. The van der Waals surface area contributed by atoms with E-state index in [1.54, 1.807) is 0 Å². The predicted molar refractivity (Wildman–Crippen MR) is 134 cm³/mol. The van der Waals surface area contributed by atoms with Crippen LogP contribution in [0.2, 0.25) is 5.02 Å². The lowest BCUT2D eigenvalue weighted by Gasteiger charge is -2.19. The minimum Gasteiger partial charge on any atom is -0.478 e. The van der Waals surface area contributed by atoms with Gasteiger partial charge in [-0.05, 0) is 55.0 Å². The molecule has 2 rings (SSSR count). The summed E-state index contributed by atoms with van der Waals surface area (Å²) in [7, 11) is 0. The summed E-state index contributed by atoms with van der Waals surface area (Å²) >= 11 is 6.01. The second-order valence-electron chi connectivity index (χ2n) is 7.40. The van der Waals surface area contributed by atoms with Crippen LogP contribution in [0.5, 0.6) is 0 Å². The van der Waals surface area contributed by atoms with Crippen LogP contribution in [0.15, 0.2) is 58.7 Å². The van der Waals surface area contributed by atoms with Crippen molar-refractivity contribution in [2.75, 3.05) is 10.3 Å². The second kappa shape index (κ2) is 13.2. The van der Waals surface area contributed by atoms with E-state index in [4.69, 9.17) is 22.6 Å². The number of hydrogen-bond acceptors (Lipinski definition) is 6. The molecule has 0 aliphatic rings. The van der Waals surface area contributed by atoms with Gasteiger partial charge in [-0.2, -0.15) is 18.3 Å². The molecule has 37 heavy (non-hydrogen) atoms. The van der Waals surface area contributed by atoms with Crippen LogP contribution in [0.1, 0.15) is 28.8 Å². The molecule has 2 aromatic carbocycles. The van der Waals surface area contributed by atoms with E-state index in [2.05, 4.69) is 27.6 Å². The van der Waals surface area contributed by atoms with Crippen molar-refractivity contribution in [1.82, 2.24) is 5.32 Å². The summed E-state index contributed by atoms with van der Waals surface area (Å²) < 4.78 is 38.4. The molecule has 0 bridgehead atoms. The van der Waals surface area contributed by atoms with Gasteiger partial charge in [0.25, 0.3) is 0 Å². The molecule has 0 aromatic heterocycles. The normalized spacial score (nSPS) is 12.4. The summed E-state index contributed by atoms with van der Waals surface area (Å²) in [6.07, 6.45) is -3.18. The highest BCUT2D eigenvalue weighted by molar-refractivity contribution is 6.30. The van der Waals surface area contributed by atoms with E-state index >= 15 is 0 Å². The third kappa shape index (κ3) is 9.74. The molecular weight excluding hydrogens is 517 g/mol.